The van der Waals surface area contributed by atoms with Crippen molar-refractivity contribution in [1.82, 2.24) is 0 Å². The molecule has 0 aromatic heterocycles. The molecular formula is C25H32F2. The summed E-state index contributed by atoms with van der Waals surface area (Å²) < 4.78 is 26.7. The van der Waals surface area contributed by atoms with E-state index in [1.54, 1.807) is 6.07 Å². The van der Waals surface area contributed by atoms with E-state index in [4.69, 9.17) is 0 Å². The van der Waals surface area contributed by atoms with E-state index in [0.29, 0.717) is 11.5 Å². The Bertz CT molecular complexity index is 699. The van der Waals surface area contributed by atoms with Crippen LogP contribution < -0.4 is 0 Å². The third-order valence-corrected chi connectivity index (χ3v) is 6.65. The molecule has 2 saturated carbocycles. The zero-order chi connectivity index (χ0) is 19.2. The maximum atomic E-state index is 13.5. The molecule has 0 unspecified atom stereocenters. The van der Waals surface area contributed by atoms with E-state index in [1.807, 2.05) is 19.1 Å². The number of halogens is 2. The summed E-state index contributed by atoms with van der Waals surface area (Å²) in [5, 5.41) is 0. The van der Waals surface area contributed by atoms with Gasteiger partial charge in [0.25, 0.3) is 0 Å². The fraction of sp³-hybridized carbons (Fsp3) is 0.520. The summed E-state index contributed by atoms with van der Waals surface area (Å²) in [4.78, 5) is 0. The highest BCUT2D eigenvalue weighted by Crippen LogP contribution is 2.41. The standard InChI is InChI=1S/C25H32F2/c1-3-19(23-15-16-24(26)25(27)17-23)10-9-18(2)20-11-13-22(14-12-20)21-7-5-4-6-8-21/h3,9-10,15-17,20-22H,2,4-8,11-14H2,1H3/b10-9-,19-3+. The van der Waals surface area contributed by atoms with Gasteiger partial charge in [0, 0.05) is 0 Å². The van der Waals surface area contributed by atoms with Gasteiger partial charge >= 0.3 is 0 Å². The summed E-state index contributed by atoms with van der Waals surface area (Å²) in [6.07, 6.45) is 18.3. The number of benzene rings is 1. The molecule has 2 aliphatic rings. The Labute approximate surface area is 163 Å². The maximum Gasteiger partial charge on any atom is 0.159 e. The fourth-order valence-electron chi connectivity index (χ4n) is 4.93. The van der Waals surface area contributed by atoms with Crippen molar-refractivity contribution in [3.8, 4) is 0 Å². The average molecular weight is 371 g/mol. The largest absolute Gasteiger partial charge is 0.204 e. The lowest BCUT2D eigenvalue weighted by Crippen LogP contribution is -2.24. The first-order valence-corrected chi connectivity index (χ1v) is 10.6. The van der Waals surface area contributed by atoms with Crippen LogP contribution >= 0.6 is 0 Å². The van der Waals surface area contributed by atoms with Crippen molar-refractivity contribution in [2.75, 3.05) is 0 Å². The Morgan fingerprint density at radius 3 is 2.19 bits per heavy atom. The zero-order valence-corrected chi connectivity index (χ0v) is 16.5. The lowest BCUT2D eigenvalue weighted by molar-refractivity contribution is 0.178. The summed E-state index contributed by atoms with van der Waals surface area (Å²) in [5.74, 6) is 0.833. The number of allylic oxidation sites excluding steroid dienone is 5. The maximum absolute atomic E-state index is 13.5. The summed E-state index contributed by atoms with van der Waals surface area (Å²) in [7, 11) is 0. The molecule has 0 amide bonds. The fourth-order valence-corrected chi connectivity index (χ4v) is 4.93. The number of hydrogen-bond acceptors (Lipinski definition) is 0. The van der Waals surface area contributed by atoms with Crippen LogP contribution in [0.1, 0.15) is 70.3 Å². The van der Waals surface area contributed by atoms with Crippen LogP contribution in [0, 0.1) is 29.4 Å². The van der Waals surface area contributed by atoms with Crippen LogP contribution in [-0.2, 0) is 0 Å². The van der Waals surface area contributed by atoms with Crippen molar-refractivity contribution < 1.29 is 8.78 Å². The SMILES string of the molecule is C=C(/C=C\C(=C/C)c1ccc(F)c(F)c1)C1CCC(C2CCCCC2)CC1. The molecule has 0 bridgehead atoms. The Kier molecular flexibility index (Phi) is 7.04. The number of hydrogen-bond donors (Lipinski definition) is 0. The first-order valence-electron chi connectivity index (χ1n) is 10.6. The zero-order valence-electron chi connectivity index (χ0n) is 16.5. The van der Waals surface area contributed by atoms with Crippen molar-refractivity contribution in [3.05, 3.63) is 65.8 Å². The minimum Gasteiger partial charge on any atom is -0.204 e. The third kappa shape index (κ3) is 5.18. The summed E-state index contributed by atoms with van der Waals surface area (Å²) >= 11 is 0. The van der Waals surface area contributed by atoms with Gasteiger partial charge in [-0.3, -0.25) is 0 Å². The van der Waals surface area contributed by atoms with E-state index in [-0.39, 0.29) is 0 Å². The van der Waals surface area contributed by atoms with Crippen molar-refractivity contribution in [2.45, 2.75) is 64.7 Å². The van der Waals surface area contributed by atoms with Gasteiger partial charge < -0.3 is 0 Å². The predicted octanol–water partition coefficient (Wildman–Crippen LogP) is 7.87. The van der Waals surface area contributed by atoms with Crippen LogP contribution in [-0.4, -0.2) is 0 Å². The highest BCUT2D eigenvalue weighted by Gasteiger charge is 2.28. The van der Waals surface area contributed by atoms with Crippen LogP contribution in [0.4, 0.5) is 8.78 Å². The summed E-state index contributed by atoms with van der Waals surface area (Å²) in [6.45, 7) is 6.22. The van der Waals surface area contributed by atoms with Crippen molar-refractivity contribution >= 4 is 5.57 Å². The van der Waals surface area contributed by atoms with Gasteiger partial charge in [-0.25, -0.2) is 8.78 Å². The van der Waals surface area contributed by atoms with E-state index >= 15 is 0 Å². The number of rotatable bonds is 5. The molecule has 0 aliphatic heterocycles. The van der Waals surface area contributed by atoms with Crippen LogP contribution in [0.25, 0.3) is 5.57 Å². The molecule has 27 heavy (non-hydrogen) atoms. The van der Waals surface area contributed by atoms with E-state index in [0.717, 1.165) is 17.4 Å². The molecule has 0 N–H and O–H groups in total. The van der Waals surface area contributed by atoms with Crippen LogP contribution in [0.3, 0.4) is 0 Å². The van der Waals surface area contributed by atoms with Gasteiger partial charge in [-0.05, 0) is 73.6 Å². The molecular weight excluding hydrogens is 338 g/mol. The van der Waals surface area contributed by atoms with Gasteiger partial charge in [-0.1, -0.05) is 68.6 Å². The molecule has 0 nitrogen and oxygen atoms in total. The molecule has 2 heteroatoms. The monoisotopic (exact) mass is 370 g/mol. The van der Waals surface area contributed by atoms with Gasteiger partial charge in [0.05, 0.1) is 0 Å². The second-order valence-electron chi connectivity index (χ2n) is 8.29. The lowest BCUT2D eigenvalue weighted by Gasteiger charge is -2.36. The van der Waals surface area contributed by atoms with Gasteiger partial charge in [0.1, 0.15) is 0 Å². The topological polar surface area (TPSA) is 0 Å². The molecule has 2 fully saturated rings. The third-order valence-electron chi connectivity index (χ3n) is 6.65. The normalized spacial score (nSPS) is 25.1. The van der Waals surface area contributed by atoms with Crippen molar-refractivity contribution in [3.63, 3.8) is 0 Å². The molecule has 1 aromatic carbocycles. The molecule has 1 aromatic rings. The van der Waals surface area contributed by atoms with Crippen LogP contribution in [0.2, 0.25) is 0 Å². The minimum atomic E-state index is -0.808. The molecule has 2 aliphatic carbocycles. The molecule has 0 spiro atoms. The van der Waals surface area contributed by atoms with Crippen molar-refractivity contribution in [2.24, 2.45) is 17.8 Å². The second kappa shape index (κ2) is 9.48. The summed E-state index contributed by atoms with van der Waals surface area (Å²) in [6, 6.07) is 4.06. The Balaban J connectivity index is 1.55. The molecule has 0 radical (unpaired) electrons. The Hall–Kier alpha value is -1.70. The lowest BCUT2D eigenvalue weighted by atomic mass is 9.70. The molecule has 0 saturated heterocycles. The van der Waals surface area contributed by atoms with E-state index in [2.05, 4.69) is 12.7 Å². The molecule has 146 valence electrons. The average Bonchev–Trinajstić information content (AvgIpc) is 2.71. The van der Waals surface area contributed by atoms with Crippen LogP contribution in [0.15, 0.2) is 48.6 Å². The predicted molar refractivity (Wildman–Crippen MR) is 110 cm³/mol. The summed E-state index contributed by atoms with van der Waals surface area (Å²) in [5.41, 5.74) is 2.76. The van der Waals surface area contributed by atoms with Gasteiger partial charge in [-0.2, -0.15) is 0 Å². The first kappa shape index (κ1) is 20.0. The van der Waals surface area contributed by atoms with Crippen molar-refractivity contribution in [1.29, 1.82) is 0 Å². The Morgan fingerprint density at radius 2 is 1.56 bits per heavy atom. The minimum absolute atomic E-state index is 0.559. The molecule has 3 rings (SSSR count). The molecule has 0 heterocycles. The van der Waals surface area contributed by atoms with E-state index in [9.17, 15) is 8.78 Å². The van der Waals surface area contributed by atoms with E-state index in [1.165, 1.54) is 75.5 Å². The highest BCUT2D eigenvalue weighted by molar-refractivity contribution is 5.74. The Morgan fingerprint density at radius 1 is 0.889 bits per heavy atom. The van der Waals surface area contributed by atoms with Gasteiger partial charge in [-0.15, -0.1) is 0 Å². The van der Waals surface area contributed by atoms with Crippen LogP contribution in [0.5, 0.6) is 0 Å². The smallest absolute Gasteiger partial charge is 0.159 e. The second-order valence-corrected chi connectivity index (χ2v) is 8.29. The highest BCUT2D eigenvalue weighted by atomic mass is 19.2. The van der Waals surface area contributed by atoms with Gasteiger partial charge in [0.2, 0.25) is 0 Å². The van der Waals surface area contributed by atoms with E-state index < -0.39 is 11.6 Å². The molecule has 0 atom stereocenters. The van der Waals surface area contributed by atoms with Gasteiger partial charge in [0.15, 0.2) is 11.6 Å². The quantitative estimate of drug-likeness (QED) is 0.463. The first-order chi connectivity index (χ1) is 13.1.